The molecule has 19 heavy (non-hydrogen) atoms. The summed E-state index contributed by atoms with van der Waals surface area (Å²) in [7, 11) is 0. The third kappa shape index (κ3) is 2.26. The smallest absolute Gasteiger partial charge is 0.327 e. The van der Waals surface area contributed by atoms with Gasteiger partial charge in [-0.2, -0.15) is 12.6 Å². The van der Waals surface area contributed by atoms with E-state index in [4.69, 9.17) is 5.11 Å². The van der Waals surface area contributed by atoms with E-state index in [9.17, 15) is 9.59 Å². The van der Waals surface area contributed by atoms with Crippen LogP contribution in [0.3, 0.4) is 0 Å². The van der Waals surface area contributed by atoms with E-state index in [1.165, 1.54) is 19.3 Å². The number of rotatable bonds is 4. The molecular weight excluding hydrogens is 262 g/mol. The summed E-state index contributed by atoms with van der Waals surface area (Å²) in [6.07, 6.45) is 6.72. The first-order valence-electron chi connectivity index (χ1n) is 7.17. The second-order valence-corrected chi connectivity index (χ2v) is 7.11. The van der Waals surface area contributed by atoms with Crippen molar-refractivity contribution < 1.29 is 14.7 Å². The summed E-state index contributed by atoms with van der Waals surface area (Å²) in [5, 5.41) is 11.7. The zero-order chi connectivity index (χ0) is 13.6. The maximum Gasteiger partial charge on any atom is 0.327 e. The molecule has 0 spiro atoms. The van der Waals surface area contributed by atoms with Gasteiger partial charge >= 0.3 is 5.97 Å². The van der Waals surface area contributed by atoms with Crippen molar-refractivity contribution in [1.29, 1.82) is 0 Å². The largest absolute Gasteiger partial charge is 0.480 e. The Balaban J connectivity index is 1.74. The minimum atomic E-state index is -0.993. The van der Waals surface area contributed by atoms with Crippen LogP contribution in [0.15, 0.2) is 0 Å². The normalized spacial score (nSPS) is 41.0. The highest BCUT2D eigenvalue weighted by Gasteiger charge is 2.54. The van der Waals surface area contributed by atoms with E-state index in [0.717, 1.165) is 19.3 Å². The molecule has 0 aliphatic heterocycles. The third-order valence-electron chi connectivity index (χ3n) is 5.31. The Morgan fingerprint density at radius 1 is 1.16 bits per heavy atom. The standard InChI is InChI=1S/C14H21NO3S/c16-12(17)11(7-19)15-13(18)14-4-8-1-9(5-14)3-10(2-8)6-14/h8-11,19H,1-7H2,(H,15,18)(H,16,17). The average molecular weight is 283 g/mol. The van der Waals surface area contributed by atoms with Crippen molar-refractivity contribution in [3.05, 3.63) is 0 Å². The van der Waals surface area contributed by atoms with Crippen LogP contribution in [0.1, 0.15) is 38.5 Å². The first-order valence-corrected chi connectivity index (χ1v) is 7.80. The first-order chi connectivity index (χ1) is 9.02. The molecule has 4 nitrogen and oxygen atoms in total. The van der Waals surface area contributed by atoms with E-state index in [0.29, 0.717) is 17.8 Å². The summed E-state index contributed by atoms with van der Waals surface area (Å²) in [4.78, 5) is 23.6. The van der Waals surface area contributed by atoms with Gasteiger partial charge in [-0.3, -0.25) is 4.79 Å². The Hall–Kier alpha value is -0.710. The van der Waals surface area contributed by atoms with Crippen molar-refractivity contribution in [3.63, 3.8) is 0 Å². The van der Waals surface area contributed by atoms with Crippen molar-refractivity contribution in [1.82, 2.24) is 5.32 Å². The SMILES string of the molecule is O=C(O)C(CS)NC(=O)C12CC3CC(CC(C3)C1)C2. The molecule has 0 saturated heterocycles. The molecule has 1 atom stereocenters. The van der Waals surface area contributed by atoms with Gasteiger partial charge in [0.05, 0.1) is 0 Å². The van der Waals surface area contributed by atoms with Crippen LogP contribution in [0, 0.1) is 23.2 Å². The van der Waals surface area contributed by atoms with E-state index in [-0.39, 0.29) is 17.1 Å². The number of amides is 1. The second-order valence-electron chi connectivity index (χ2n) is 6.74. The van der Waals surface area contributed by atoms with Crippen LogP contribution in [0.4, 0.5) is 0 Å². The van der Waals surface area contributed by atoms with Gasteiger partial charge in [0.2, 0.25) is 5.91 Å². The van der Waals surface area contributed by atoms with Gasteiger partial charge in [0.15, 0.2) is 0 Å². The van der Waals surface area contributed by atoms with E-state index in [1.807, 2.05) is 0 Å². The number of carboxylic acid groups (broad SMARTS) is 1. The van der Waals surface area contributed by atoms with E-state index in [2.05, 4.69) is 17.9 Å². The summed E-state index contributed by atoms with van der Waals surface area (Å²) in [6, 6.07) is -0.858. The van der Waals surface area contributed by atoms with Crippen molar-refractivity contribution >= 4 is 24.5 Å². The molecule has 0 aromatic carbocycles. The van der Waals surface area contributed by atoms with Crippen molar-refractivity contribution in [2.75, 3.05) is 5.75 Å². The molecule has 4 rings (SSSR count). The Kier molecular flexibility index (Phi) is 3.28. The maximum absolute atomic E-state index is 12.6. The van der Waals surface area contributed by atoms with Crippen LogP contribution >= 0.6 is 12.6 Å². The molecule has 0 heterocycles. The summed E-state index contributed by atoms with van der Waals surface area (Å²) in [5.41, 5.74) is -0.272. The molecule has 4 aliphatic rings. The zero-order valence-corrected chi connectivity index (χ0v) is 11.9. The summed E-state index contributed by atoms with van der Waals surface area (Å²) in [6.45, 7) is 0. The van der Waals surface area contributed by atoms with Gasteiger partial charge in [0, 0.05) is 11.2 Å². The number of carboxylic acids is 1. The fourth-order valence-electron chi connectivity index (χ4n) is 4.89. The lowest BCUT2D eigenvalue weighted by Crippen LogP contribution is -2.56. The third-order valence-corrected chi connectivity index (χ3v) is 5.67. The fraction of sp³-hybridized carbons (Fsp3) is 0.857. The van der Waals surface area contributed by atoms with Gasteiger partial charge in [0.1, 0.15) is 6.04 Å². The van der Waals surface area contributed by atoms with Crippen LogP contribution in [0.5, 0.6) is 0 Å². The molecule has 5 heteroatoms. The Bertz CT molecular complexity index is 374. The minimum absolute atomic E-state index is 0.0342. The van der Waals surface area contributed by atoms with Gasteiger partial charge in [-0.1, -0.05) is 0 Å². The quantitative estimate of drug-likeness (QED) is 0.688. The predicted molar refractivity (Wildman–Crippen MR) is 74.0 cm³/mol. The summed E-state index contributed by atoms with van der Waals surface area (Å²) >= 11 is 4.01. The molecule has 4 fully saturated rings. The summed E-state index contributed by atoms with van der Waals surface area (Å²) in [5.74, 6) is 1.19. The van der Waals surface area contributed by atoms with Crippen LogP contribution < -0.4 is 5.32 Å². The Morgan fingerprint density at radius 2 is 1.63 bits per heavy atom. The molecule has 2 N–H and O–H groups in total. The summed E-state index contributed by atoms with van der Waals surface area (Å²) < 4.78 is 0. The highest BCUT2D eigenvalue weighted by atomic mass is 32.1. The van der Waals surface area contributed by atoms with Gasteiger partial charge in [0.25, 0.3) is 0 Å². The lowest BCUT2D eigenvalue weighted by Gasteiger charge is -2.55. The first kappa shape index (κ1) is 13.3. The molecule has 0 aromatic rings. The van der Waals surface area contributed by atoms with Gasteiger partial charge in [-0.15, -0.1) is 0 Å². The molecular formula is C14H21NO3S. The number of nitrogens with one attached hydrogen (secondary N) is 1. The van der Waals surface area contributed by atoms with Gasteiger partial charge in [-0.25, -0.2) is 4.79 Å². The van der Waals surface area contributed by atoms with E-state index < -0.39 is 12.0 Å². The molecule has 106 valence electrons. The maximum atomic E-state index is 12.6. The molecule has 1 amide bonds. The highest BCUT2D eigenvalue weighted by molar-refractivity contribution is 7.80. The highest BCUT2D eigenvalue weighted by Crippen LogP contribution is 2.60. The predicted octanol–water partition coefficient (Wildman–Crippen LogP) is 1.70. The van der Waals surface area contributed by atoms with Crippen molar-refractivity contribution in [2.45, 2.75) is 44.6 Å². The number of carbonyl (C=O) groups excluding carboxylic acids is 1. The van der Waals surface area contributed by atoms with Crippen molar-refractivity contribution in [2.24, 2.45) is 23.2 Å². The van der Waals surface area contributed by atoms with Gasteiger partial charge < -0.3 is 10.4 Å². The number of aliphatic carboxylic acids is 1. The Morgan fingerprint density at radius 3 is 2.00 bits per heavy atom. The molecule has 0 aromatic heterocycles. The lowest BCUT2D eigenvalue weighted by molar-refractivity contribution is -0.151. The van der Waals surface area contributed by atoms with E-state index in [1.54, 1.807) is 0 Å². The molecule has 4 bridgehead atoms. The average Bonchev–Trinajstić information content (AvgIpc) is 2.33. The number of hydrogen-bond acceptors (Lipinski definition) is 3. The Labute approximate surface area is 118 Å². The van der Waals surface area contributed by atoms with Gasteiger partial charge in [-0.05, 0) is 56.3 Å². The second kappa shape index (κ2) is 4.69. The zero-order valence-electron chi connectivity index (χ0n) is 11.0. The minimum Gasteiger partial charge on any atom is -0.480 e. The number of thiol groups is 1. The van der Waals surface area contributed by atoms with Crippen LogP contribution in [0.2, 0.25) is 0 Å². The fourth-order valence-corrected chi connectivity index (χ4v) is 5.13. The topological polar surface area (TPSA) is 66.4 Å². The molecule has 4 aliphatic carbocycles. The molecule has 1 unspecified atom stereocenters. The van der Waals surface area contributed by atoms with E-state index >= 15 is 0 Å². The van der Waals surface area contributed by atoms with Crippen LogP contribution in [-0.4, -0.2) is 28.8 Å². The van der Waals surface area contributed by atoms with Crippen molar-refractivity contribution in [3.8, 4) is 0 Å². The molecule has 4 saturated carbocycles. The monoisotopic (exact) mass is 283 g/mol. The number of carbonyl (C=O) groups is 2. The van der Waals surface area contributed by atoms with Crippen LogP contribution in [0.25, 0.3) is 0 Å². The molecule has 0 radical (unpaired) electrons. The number of hydrogen-bond donors (Lipinski definition) is 3. The lowest BCUT2D eigenvalue weighted by atomic mass is 9.49. The van der Waals surface area contributed by atoms with Crippen LogP contribution in [-0.2, 0) is 9.59 Å².